The number of hydrogen-bond acceptors (Lipinski definition) is 3. The highest BCUT2D eigenvalue weighted by Gasteiger charge is 2.32. The Morgan fingerprint density at radius 3 is 2.42 bits per heavy atom. The van der Waals surface area contributed by atoms with Crippen LogP contribution in [0.1, 0.15) is 39.5 Å². The molecule has 110 valence electrons. The molecule has 0 unspecified atom stereocenters. The van der Waals surface area contributed by atoms with Crippen LogP contribution in [0.2, 0.25) is 0 Å². The van der Waals surface area contributed by atoms with Crippen LogP contribution in [0.5, 0.6) is 0 Å². The van der Waals surface area contributed by atoms with E-state index in [1.807, 2.05) is 6.92 Å². The van der Waals surface area contributed by atoms with E-state index in [2.05, 4.69) is 5.32 Å². The minimum Gasteiger partial charge on any atom is -0.480 e. The number of amides is 2. The van der Waals surface area contributed by atoms with Crippen molar-refractivity contribution in [2.75, 3.05) is 13.2 Å². The molecule has 0 aliphatic heterocycles. The van der Waals surface area contributed by atoms with Crippen LogP contribution in [0.25, 0.3) is 0 Å². The van der Waals surface area contributed by atoms with Crippen molar-refractivity contribution >= 4 is 12.0 Å². The summed E-state index contributed by atoms with van der Waals surface area (Å²) in [6.07, 6.45) is 3.61. The first kappa shape index (κ1) is 15.8. The molecule has 6 nitrogen and oxygen atoms in total. The second-order valence-corrected chi connectivity index (χ2v) is 5.15. The van der Waals surface area contributed by atoms with Crippen LogP contribution in [0, 0.1) is 5.92 Å². The zero-order valence-electron chi connectivity index (χ0n) is 11.6. The third-order valence-corrected chi connectivity index (χ3v) is 3.88. The van der Waals surface area contributed by atoms with Crippen molar-refractivity contribution in [3.05, 3.63) is 0 Å². The van der Waals surface area contributed by atoms with E-state index in [-0.39, 0.29) is 31.1 Å². The van der Waals surface area contributed by atoms with Gasteiger partial charge in [-0.2, -0.15) is 0 Å². The summed E-state index contributed by atoms with van der Waals surface area (Å²) < 4.78 is 0. The Morgan fingerprint density at radius 1 is 1.42 bits per heavy atom. The zero-order valence-corrected chi connectivity index (χ0v) is 11.6. The molecule has 19 heavy (non-hydrogen) atoms. The molecule has 1 aliphatic rings. The number of carboxylic acid groups (broad SMARTS) is 1. The molecule has 0 aromatic heterocycles. The number of nitrogens with zero attached hydrogens (tertiary/aromatic N) is 1. The molecular formula is C13H24N2O4. The maximum Gasteiger partial charge on any atom is 0.326 e. The van der Waals surface area contributed by atoms with Crippen LogP contribution in [-0.4, -0.2) is 52.3 Å². The van der Waals surface area contributed by atoms with Crippen molar-refractivity contribution in [3.63, 3.8) is 0 Å². The molecule has 2 amide bonds. The largest absolute Gasteiger partial charge is 0.480 e. The Hall–Kier alpha value is -1.30. The van der Waals surface area contributed by atoms with Gasteiger partial charge in [0, 0.05) is 12.6 Å². The molecular weight excluding hydrogens is 248 g/mol. The Kier molecular flexibility index (Phi) is 6.08. The second kappa shape index (κ2) is 7.33. The van der Waals surface area contributed by atoms with E-state index in [0.29, 0.717) is 6.42 Å². The van der Waals surface area contributed by atoms with Gasteiger partial charge < -0.3 is 20.4 Å². The summed E-state index contributed by atoms with van der Waals surface area (Å²) in [5.74, 6) is -1.14. The summed E-state index contributed by atoms with van der Waals surface area (Å²) in [5.41, 5.74) is 0. The van der Waals surface area contributed by atoms with Crippen molar-refractivity contribution < 1.29 is 19.8 Å². The third-order valence-electron chi connectivity index (χ3n) is 3.88. The number of carbonyl (C=O) groups excluding carboxylic acids is 1. The Bertz CT molecular complexity index is 318. The number of nitrogens with one attached hydrogen (secondary N) is 1. The Morgan fingerprint density at radius 2 is 2.05 bits per heavy atom. The molecule has 0 heterocycles. The number of aliphatic hydroxyl groups is 1. The quantitative estimate of drug-likeness (QED) is 0.646. The van der Waals surface area contributed by atoms with Crippen LogP contribution in [-0.2, 0) is 4.79 Å². The van der Waals surface area contributed by atoms with Gasteiger partial charge in [-0.1, -0.05) is 20.3 Å². The zero-order chi connectivity index (χ0) is 14.4. The molecule has 0 aromatic carbocycles. The van der Waals surface area contributed by atoms with E-state index in [1.165, 1.54) is 0 Å². The predicted octanol–water partition coefficient (Wildman–Crippen LogP) is 1.04. The summed E-state index contributed by atoms with van der Waals surface area (Å²) >= 11 is 0. The molecule has 3 N–H and O–H groups in total. The van der Waals surface area contributed by atoms with Crippen LogP contribution >= 0.6 is 0 Å². The average molecular weight is 272 g/mol. The monoisotopic (exact) mass is 272 g/mol. The van der Waals surface area contributed by atoms with E-state index < -0.39 is 12.0 Å². The number of urea groups is 1. The molecule has 2 atom stereocenters. The molecule has 0 radical (unpaired) electrons. The van der Waals surface area contributed by atoms with Crippen molar-refractivity contribution in [2.45, 2.75) is 51.6 Å². The number of carboxylic acids is 1. The molecule has 1 fully saturated rings. The molecule has 1 aliphatic carbocycles. The number of rotatable bonds is 7. The van der Waals surface area contributed by atoms with Crippen LogP contribution in [0.15, 0.2) is 0 Å². The topological polar surface area (TPSA) is 89.9 Å². The first-order valence-corrected chi connectivity index (χ1v) is 6.92. The number of aliphatic carboxylic acids is 1. The summed E-state index contributed by atoms with van der Waals surface area (Å²) in [4.78, 5) is 24.9. The molecule has 0 spiro atoms. The molecule has 1 saturated carbocycles. The highest BCUT2D eigenvalue weighted by molar-refractivity contribution is 5.83. The SMILES string of the molecule is CC[C@H](C)[C@H](NC(=O)N(CCO)C1CCC1)C(=O)O. The van der Waals surface area contributed by atoms with Gasteiger partial charge in [0.1, 0.15) is 6.04 Å². The maximum atomic E-state index is 12.1. The first-order valence-electron chi connectivity index (χ1n) is 6.92. The standard InChI is InChI=1S/C13H24N2O4/c1-3-9(2)11(12(17)18)14-13(19)15(7-8-16)10-5-4-6-10/h9-11,16H,3-8H2,1-2H3,(H,14,19)(H,17,18)/t9-,11-/m0/s1. The second-order valence-electron chi connectivity index (χ2n) is 5.15. The van der Waals surface area contributed by atoms with Gasteiger partial charge in [-0.15, -0.1) is 0 Å². The number of carbonyl (C=O) groups is 2. The fourth-order valence-electron chi connectivity index (χ4n) is 2.16. The van der Waals surface area contributed by atoms with E-state index in [9.17, 15) is 9.59 Å². The predicted molar refractivity (Wildman–Crippen MR) is 70.8 cm³/mol. The summed E-state index contributed by atoms with van der Waals surface area (Å²) in [7, 11) is 0. The molecule has 0 aromatic rings. The van der Waals surface area contributed by atoms with Gasteiger partial charge in [-0.3, -0.25) is 0 Å². The van der Waals surface area contributed by atoms with E-state index in [1.54, 1.807) is 11.8 Å². The van der Waals surface area contributed by atoms with Crippen molar-refractivity contribution in [3.8, 4) is 0 Å². The first-order chi connectivity index (χ1) is 9.01. The molecule has 1 rings (SSSR count). The summed E-state index contributed by atoms with van der Waals surface area (Å²) in [5, 5.41) is 20.8. The summed E-state index contributed by atoms with van der Waals surface area (Å²) in [6, 6.07) is -1.12. The van der Waals surface area contributed by atoms with Gasteiger partial charge >= 0.3 is 12.0 Å². The smallest absolute Gasteiger partial charge is 0.326 e. The van der Waals surface area contributed by atoms with Gasteiger partial charge in [-0.25, -0.2) is 9.59 Å². The van der Waals surface area contributed by atoms with Gasteiger partial charge in [-0.05, 0) is 25.2 Å². The van der Waals surface area contributed by atoms with Crippen molar-refractivity contribution in [2.24, 2.45) is 5.92 Å². The fraction of sp³-hybridized carbons (Fsp3) is 0.846. The van der Waals surface area contributed by atoms with Crippen LogP contribution in [0.4, 0.5) is 4.79 Å². The van der Waals surface area contributed by atoms with Gasteiger partial charge in [0.05, 0.1) is 6.61 Å². The fourth-order valence-corrected chi connectivity index (χ4v) is 2.16. The highest BCUT2D eigenvalue weighted by atomic mass is 16.4. The maximum absolute atomic E-state index is 12.1. The lowest BCUT2D eigenvalue weighted by atomic mass is 9.91. The van der Waals surface area contributed by atoms with E-state index >= 15 is 0 Å². The van der Waals surface area contributed by atoms with Gasteiger partial charge in [0.2, 0.25) is 0 Å². The number of aliphatic hydroxyl groups excluding tert-OH is 1. The minimum atomic E-state index is -1.01. The van der Waals surface area contributed by atoms with Crippen molar-refractivity contribution in [1.29, 1.82) is 0 Å². The van der Waals surface area contributed by atoms with E-state index in [0.717, 1.165) is 19.3 Å². The lowest BCUT2D eigenvalue weighted by molar-refractivity contribution is -0.140. The summed E-state index contributed by atoms with van der Waals surface area (Å²) in [6.45, 7) is 3.84. The van der Waals surface area contributed by atoms with Crippen LogP contribution < -0.4 is 5.32 Å². The van der Waals surface area contributed by atoms with E-state index in [4.69, 9.17) is 10.2 Å². The number of hydrogen-bond donors (Lipinski definition) is 3. The molecule has 0 saturated heterocycles. The molecule has 0 bridgehead atoms. The lowest BCUT2D eigenvalue weighted by Crippen LogP contribution is -2.55. The van der Waals surface area contributed by atoms with Crippen LogP contribution in [0.3, 0.4) is 0 Å². The minimum absolute atomic E-state index is 0.106. The highest BCUT2D eigenvalue weighted by Crippen LogP contribution is 2.24. The van der Waals surface area contributed by atoms with Gasteiger partial charge in [0.25, 0.3) is 0 Å². The lowest BCUT2D eigenvalue weighted by Gasteiger charge is -2.38. The normalized spacial score (nSPS) is 18.3. The average Bonchev–Trinajstić information content (AvgIpc) is 2.31. The molecule has 6 heteroatoms. The van der Waals surface area contributed by atoms with Gasteiger partial charge in [0.15, 0.2) is 0 Å². The Labute approximate surface area is 113 Å². The van der Waals surface area contributed by atoms with Crippen molar-refractivity contribution in [1.82, 2.24) is 10.2 Å². The third kappa shape index (κ3) is 4.09. The Balaban J connectivity index is 2.64.